The molecule has 1 aliphatic carbocycles. The minimum atomic E-state index is 0.103. The molecule has 5 nitrogen and oxygen atoms in total. The maximum atomic E-state index is 12.1. The average molecular weight is 306 g/mol. The van der Waals surface area contributed by atoms with Gasteiger partial charge in [0.25, 0.3) is 0 Å². The van der Waals surface area contributed by atoms with E-state index in [2.05, 4.69) is 22.2 Å². The van der Waals surface area contributed by atoms with Gasteiger partial charge in [-0.05, 0) is 43.0 Å². The highest BCUT2D eigenvalue weighted by molar-refractivity contribution is 5.93. The van der Waals surface area contributed by atoms with Gasteiger partial charge in [-0.3, -0.25) is 9.36 Å². The number of fused-ring (bicyclic) bond motifs is 1. The van der Waals surface area contributed by atoms with Gasteiger partial charge in [0.2, 0.25) is 5.91 Å². The number of hydrogen-bond donors (Lipinski definition) is 1. The number of para-hydroxylation sites is 2. The number of nitrogens with one attached hydrogen (secondary N) is 1. The molecule has 2 heterocycles. The molecule has 4 rings (SSSR count). The van der Waals surface area contributed by atoms with E-state index in [9.17, 15) is 4.79 Å². The number of pyridine rings is 1. The minimum Gasteiger partial charge on any atom is -0.324 e. The van der Waals surface area contributed by atoms with E-state index in [0.717, 1.165) is 35.4 Å². The molecule has 2 aromatic heterocycles. The van der Waals surface area contributed by atoms with Crippen LogP contribution in [-0.2, 0) is 4.79 Å². The predicted molar refractivity (Wildman–Crippen MR) is 89.4 cm³/mol. The molecule has 0 aliphatic heterocycles. The van der Waals surface area contributed by atoms with E-state index < -0.39 is 0 Å². The molecule has 1 N–H and O–H groups in total. The molecule has 0 radical (unpaired) electrons. The average Bonchev–Trinajstić information content (AvgIpc) is 2.96. The maximum Gasteiger partial charge on any atom is 0.227 e. The molecule has 0 bridgehead atoms. The Morgan fingerprint density at radius 1 is 1.17 bits per heavy atom. The van der Waals surface area contributed by atoms with E-state index in [1.54, 1.807) is 12.5 Å². The Kier molecular flexibility index (Phi) is 3.33. The summed E-state index contributed by atoms with van der Waals surface area (Å²) in [6, 6.07) is 11.7. The summed E-state index contributed by atoms with van der Waals surface area (Å²) in [5.74, 6) is 1.71. The zero-order valence-corrected chi connectivity index (χ0v) is 12.9. The molecule has 0 atom stereocenters. The largest absolute Gasteiger partial charge is 0.324 e. The Bertz CT molecular complexity index is 847. The van der Waals surface area contributed by atoms with Gasteiger partial charge in [0, 0.05) is 5.92 Å². The van der Waals surface area contributed by atoms with Gasteiger partial charge in [0.1, 0.15) is 12.1 Å². The van der Waals surface area contributed by atoms with Gasteiger partial charge in [-0.25, -0.2) is 9.97 Å². The summed E-state index contributed by atoms with van der Waals surface area (Å²) in [4.78, 5) is 20.9. The lowest BCUT2D eigenvalue weighted by Crippen LogP contribution is -2.33. The Morgan fingerprint density at radius 2 is 2.00 bits per heavy atom. The molecule has 23 heavy (non-hydrogen) atoms. The number of carbonyl (C=O) groups excluding carboxylic acids is 1. The van der Waals surface area contributed by atoms with Crippen LogP contribution in [0.2, 0.25) is 0 Å². The van der Waals surface area contributed by atoms with Crippen molar-refractivity contribution in [3.05, 3.63) is 48.9 Å². The second kappa shape index (κ2) is 5.50. The van der Waals surface area contributed by atoms with Gasteiger partial charge in [0.05, 0.1) is 22.9 Å². The number of amides is 1. The van der Waals surface area contributed by atoms with Crippen molar-refractivity contribution in [2.24, 2.45) is 11.8 Å². The SMILES string of the molecule is CC1CC(C(=O)Nc2ccc(-n3cnc4ccccc43)nc2)C1. The standard InChI is InChI=1S/C18H18N4O/c1-12-8-13(9-12)18(23)21-14-6-7-17(19-10-14)22-11-20-15-4-2-3-5-16(15)22/h2-7,10-13H,8-9H2,1H3,(H,21,23). The first-order valence-corrected chi connectivity index (χ1v) is 7.90. The maximum absolute atomic E-state index is 12.1. The van der Waals surface area contributed by atoms with Gasteiger partial charge in [0.15, 0.2) is 0 Å². The van der Waals surface area contributed by atoms with Crippen molar-refractivity contribution in [2.75, 3.05) is 5.32 Å². The normalized spacial score (nSPS) is 20.2. The van der Waals surface area contributed by atoms with Crippen molar-refractivity contribution >= 4 is 22.6 Å². The van der Waals surface area contributed by atoms with Crippen LogP contribution in [-0.4, -0.2) is 20.4 Å². The van der Waals surface area contributed by atoms with Crippen LogP contribution in [0.15, 0.2) is 48.9 Å². The number of hydrogen-bond acceptors (Lipinski definition) is 3. The highest BCUT2D eigenvalue weighted by Crippen LogP contribution is 2.33. The van der Waals surface area contributed by atoms with Crippen molar-refractivity contribution < 1.29 is 4.79 Å². The van der Waals surface area contributed by atoms with E-state index in [4.69, 9.17) is 0 Å². The van der Waals surface area contributed by atoms with E-state index in [1.807, 2.05) is 41.0 Å². The van der Waals surface area contributed by atoms with E-state index >= 15 is 0 Å². The number of imidazole rings is 1. The third kappa shape index (κ3) is 2.59. The van der Waals surface area contributed by atoms with Crippen molar-refractivity contribution in [1.82, 2.24) is 14.5 Å². The molecule has 1 aliphatic rings. The summed E-state index contributed by atoms with van der Waals surface area (Å²) in [6.45, 7) is 2.18. The molecule has 0 unspecified atom stereocenters. The highest BCUT2D eigenvalue weighted by atomic mass is 16.1. The Labute approximate surface area is 134 Å². The fraction of sp³-hybridized carbons (Fsp3) is 0.278. The minimum absolute atomic E-state index is 0.103. The quantitative estimate of drug-likeness (QED) is 0.806. The van der Waals surface area contributed by atoms with Crippen molar-refractivity contribution in [1.29, 1.82) is 0 Å². The number of aromatic nitrogens is 3. The second-order valence-electron chi connectivity index (χ2n) is 6.27. The molecular formula is C18H18N4O. The van der Waals surface area contributed by atoms with Crippen LogP contribution in [0.25, 0.3) is 16.9 Å². The van der Waals surface area contributed by atoms with Crippen molar-refractivity contribution in [2.45, 2.75) is 19.8 Å². The van der Waals surface area contributed by atoms with Crippen LogP contribution in [0.5, 0.6) is 0 Å². The third-order valence-corrected chi connectivity index (χ3v) is 4.46. The van der Waals surface area contributed by atoms with Crippen LogP contribution < -0.4 is 5.32 Å². The van der Waals surface area contributed by atoms with Crippen molar-refractivity contribution in [3.8, 4) is 5.82 Å². The number of benzene rings is 1. The lowest BCUT2D eigenvalue weighted by molar-refractivity contribution is -0.123. The molecule has 3 aromatic rings. The third-order valence-electron chi connectivity index (χ3n) is 4.46. The molecule has 1 amide bonds. The fourth-order valence-corrected chi connectivity index (χ4v) is 3.11. The number of anilines is 1. The number of carbonyl (C=O) groups is 1. The Balaban J connectivity index is 1.53. The monoisotopic (exact) mass is 306 g/mol. The van der Waals surface area contributed by atoms with Crippen molar-refractivity contribution in [3.63, 3.8) is 0 Å². The van der Waals surface area contributed by atoms with Crippen LogP contribution in [0.3, 0.4) is 0 Å². The topological polar surface area (TPSA) is 59.8 Å². The molecule has 0 spiro atoms. The second-order valence-corrected chi connectivity index (χ2v) is 6.27. The fourth-order valence-electron chi connectivity index (χ4n) is 3.11. The molecule has 116 valence electrons. The highest BCUT2D eigenvalue weighted by Gasteiger charge is 2.31. The van der Waals surface area contributed by atoms with Gasteiger partial charge in [-0.2, -0.15) is 0 Å². The summed E-state index contributed by atoms with van der Waals surface area (Å²) >= 11 is 0. The van der Waals surface area contributed by atoms with Gasteiger partial charge in [-0.1, -0.05) is 19.1 Å². The molecule has 0 saturated heterocycles. The summed E-state index contributed by atoms with van der Waals surface area (Å²) < 4.78 is 1.94. The van der Waals surface area contributed by atoms with E-state index in [0.29, 0.717) is 5.92 Å². The molecule has 1 aromatic carbocycles. The first kappa shape index (κ1) is 13.9. The van der Waals surface area contributed by atoms with Crippen LogP contribution in [0.1, 0.15) is 19.8 Å². The summed E-state index contributed by atoms with van der Waals surface area (Å²) in [5.41, 5.74) is 2.69. The van der Waals surface area contributed by atoms with E-state index in [-0.39, 0.29) is 11.8 Å². The smallest absolute Gasteiger partial charge is 0.227 e. The first-order chi connectivity index (χ1) is 11.2. The van der Waals surface area contributed by atoms with E-state index in [1.165, 1.54) is 0 Å². The van der Waals surface area contributed by atoms with Gasteiger partial charge in [-0.15, -0.1) is 0 Å². The lowest BCUT2D eigenvalue weighted by atomic mass is 9.75. The Hall–Kier alpha value is -2.69. The van der Waals surface area contributed by atoms with Gasteiger partial charge >= 0.3 is 0 Å². The zero-order valence-electron chi connectivity index (χ0n) is 12.9. The van der Waals surface area contributed by atoms with Crippen LogP contribution in [0, 0.1) is 11.8 Å². The molecule has 1 fully saturated rings. The molecular weight excluding hydrogens is 288 g/mol. The summed E-state index contributed by atoms with van der Waals surface area (Å²) in [5, 5.41) is 2.95. The van der Waals surface area contributed by atoms with Gasteiger partial charge < -0.3 is 5.32 Å². The van der Waals surface area contributed by atoms with Crippen LogP contribution in [0.4, 0.5) is 5.69 Å². The zero-order chi connectivity index (χ0) is 15.8. The summed E-state index contributed by atoms with van der Waals surface area (Å²) in [6.07, 6.45) is 5.43. The van der Waals surface area contributed by atoms with Crippen LogP contribution >= 0.6 is 0 Å². The summed E-state index contributed by atoms with van der Waals surface area (Å²) in [7, 11) is 0. The number of nitrogens with zero attached hydrogens (tertiary/aromatic N) is 3. The molecule has 1 saturated carbocycles. The molecule has 5 heteroatoms. The lowest BCUT2D eigenvalue weighted by Gasteiger charge is -2.31. The first-order valence-electron chi connectivity index (χ1n) is 7.90. The predicted octanol–water partition coefficient (Wildman–Crippen LogP) is 3.41. The Morgan fingerprint density at radius 3 is 2.74 bits per heavy atom. The number of rotatable bonds is 3.